The molecule has 0 radical (unpaired) electrons. The van der Waals surface area contributed by atoms with Gasteiger partial charge in [0.1, 0.15) is 0 Å². The van der Waals surface area contributed by atoms with Gasteiger partial charge in [-0.15, -0.1) is 0 Å². The molecule has 0 aliphatic rings. The average molecular weight is 200 g/mol. The summed E-state index contributed by atoms with van der Waals surface area (Å²) in [6.45, 7) is 1.95. The Kier molecular flexibility index (Phi) is 2.54. The maximum Gasteiger partial charge on any atom is 0.185 e. The molecule has 0 atom stereocenters. The molecular weight excluding hydrogens is 188 g/mol. The van der Waals surface area contributed by atoms with Crippen LogP contribution >= 0.6 is 0 Å². The van der Waals surface area contributed by atoms with Gasteiger partial charge in [-0.25, -0.2) is 0 Å². The van der Waals surface area contributed by atoms with Gasteiger partial charge in [-0.2, -0.15) is 0 Å². The number of benzene rings is 1. The Morgan fingerprint density at radius 1 is 1.33 bits per heavy atom. The highest BCUT2D eigenvalue weighted by molar-refractivity contribution is 5.82. The van der Waals surface area contributed by atoms with Crippen molar-refractivity contribution in [3.63, 3.8) is 0 Å². The monoisotopic (exact) mass is 200 g/mol. The summed E-state index contributed by atoms with van der Waals surface area (Å²) in [5.41, 5.74) is 8.35. The van der Waals surface area contributed by atoms with E-state index in [-0.39, 0.29) is 0 Å². The van der Waals surface area contributed by atoms with Crippen LogP contribution in [0, 0.1) is 0 Å². The minimum Gasteiger partial charge on any atom is -0.394 e. The molecule has 0 aliphatic carbocycles. The van der Waals surface area contributed by atoms with E-state index in [9.17, 15) is 0 Å². The molecule has 0 saturated carbocycles. The van der Waals surface area contributed by atoms with Crippen LogP contribution in [0.15, 0.2) is 41.1 Å². The lowest BCUT2D eigenvalue weighted by Crippen LogP contribution is -1.86. The van der Waals surface area contributed by atoms with Crippen molar-refractivity contribution in [2.24, 2.45) is 0 Å². The van der Waals surface area contributed by atoms with Crippen molar-refractivity contribution in [2.75, 3.05) is 5.73 Å². The minimum atomic E-state index is 0.569. The highest BCUT2D eigenvalue weighted by Crippen LogP contribution is 2.22. The molecule has 2 rings (SSSR count). The Balaban J connectivity index is 2.33. The number of rotatable bonds is 2. The molecule has 0 amide bonds. The zero-order valence-corrected chi connectivity index (χ0v) is 8.47. The van der Waals surface area contributed by atoms with Crippen molar-refractivity contribution >= 4 is 17.3 Å². The molecule has 15 heavy (non-hydrogen) atoms. The molecule has 0 unspecified atom stereocenters. The average Bonchev–Trinajstić information content (AvgIpc) is 2.66. The van der Waals surface area contributed by atoms with Gasteiger partial charge in [0, 0.05) is 0 Å². The number of hydrogen-bond acceptors (Lipinski definition) is 3. The molecule has 0 fully saturated rings. The topological polar surface area (TPSA) is 52.0 Å². The first-order valence-electron chi connectivity index (χ1n) is 4.71. The van der Waals surface area contributed by atoms with E-state index < -0.39 is 0 Å². The van der Waals surface area contributed by atoms with Crippen LogP contribution in [0.25, 0.3) is 11.6 Å². The van der Waals surface area contributed by atoms with E-state index in [1.165, 1.54) is 6.20 Å². The summed E-state index contributed by atoms with van der Waals surface area (Å²) in [5.74, 6) is 0.638. The smallest absolute Gasteiger partial charge is 0.185 e. The van der Waals surface area contributed by atoms with E-state index in [1.807, 2.05) is 43.3 Å². The van der Waals surface area contributed by atoms with Gasteiger partial charge in [-0.3, -0.25) is 0 Å². The quantitative estimate of drug-likeness (QED) is 0.810. The Bertz CT molecular complexity index is 471. The second kappa shape index (κ2) is 4.00. The number of allylic oxidation sites excluding steroid dienone is 1. The second-order valence-electron chi connectivity index (χ2n) is 3.35. The number of anilines is 1. The molecular formula is C12H12N2O. The maximum atomic E-state index is 5.70. The predicted octanol–water partition coefficient (Wildman–Crippen LogP) is 2.82. The SMILES string of the molecule is C/C(=C\c1ccccc1)c1oncc1N. The molecule has 2 aromatic rings. The predicted molar refractivity (Wildman–Crippen MR) is 60.9 cm³/mol. The van der Waals surface area contributed by atoms with E-state index >= 15 is 0 Å². The third-order valence-corrected chi connectivity index (χ3v) is 2.14. The van der Waals surface area contributed by atoms with E-state index in [2.05, 4.69) is 5.16 Å². The highest BCUT2D eigenvalue weighted by atomic mass is 16.5. The molecule has 1 aromatic carbocycles. The first-order chi connectivity index (χ1) is 7.27. The molecule has 76 valence electrons. The van der Waals surface area contributed by atoms with Gasteiger partial charge in [0.2, 0.25) is 0 Å². The molecule has 0 aliphatic heterocycles. The van der Waals surface area contributed by atoms with Gasteiger partial charge in [0.25, 0.3) is 0 Å². The van der Waals surface area contributed by atoms with Crippen molar-refractivity contribution in [1.82, 2.24) is 5.16 Å². The molecule has 3 heteroatoms. The normalized spacial score (nSPS) is 11.7. The van der Waals surface area contributed by atoms with E-state index in [1.54, 1.807) is 0 Å². The summed E-state index contributed by atoms with van der Waals surface area (Å²) in [6, 6.07) is 10.0. The zero-order valence-electron chi connectivity index (χ0n) is 8.47. The molecule has 1 heterocycles. The summed E-state index contributed by atoms with van der Waals surface area (Å²) in [5, 5.41) is 3.64. The number of nitrogens with zero attached hydrogens (tertiary/aromatic N) is 1. The van der Waals surface area contributed by atoms with Crippen LogP contribution in [-0.2, 0) is 0 Å². The van der Waals surface area contributed by atoms with Crippen LogP contribution in [0.3, 0.4) is 0 Å². The molecule has 0 bridgehead atoms. The van der Waals surface area contributed by atoms with Crippen LogP contribution in [-0.4, -0.2) is 5.16 Å². The summed E-state index contributed by atoms with van der Waals surface area (Å²) in [4.78, 5) is 0. The molecule has 1 aromatic heterocycles. The summed E-state index contributed by atoms with van der Waals surface area (Å²) >= 11 is 0. The Labute approximate surface area is 88.2 Å². The second-order valence-corrected chi connectivity index (χ2v) is 3.35. The summed E-state index contributed by atoms with van der Waals surface area (Å²) < 4.78 is 5.05. The Hall–Kier alpha value is -2.03. The maximum absolute atomic E-state index is 5.70. The molecule has 2 N–H and O–H groups in total. The van der Waals surface area contributed by atoms with Crippen molar-refractivity contribution in [1.29, 1.82) is 0 Å². The largest absolute Gasteiger partial charge is 0.394 e. The lowest BCUT2D eigenvalue weighted by Gasteiger charge is -1.97. The van der Waals surface area contributed by atoms with E-state index in [0.29, 0.717) is 11.4 Å². The molecule has 0 spiro atoms. The Morgan fingerprint density at radius 3 is 2.67 bits per heavy atom. The number of nitrogens with two attached hydrogens (primary N) is 1. The molecule has 0 saturated heterocycles. The first kappa shape index (κ1) is 9.52. The summed E-state index contributed by atoms with van der Waals surface area (Å²) in [7, 11) is 0. The van der Waals surface area contributed by atoms with E-state index in [4.69, 9.17) is 10.3 Å². The van der Waals surface area contributed by atoms with Crippen molar-refractivity contribution in [2.45, 2.75) is 6.92 Å². The van der Waals surface area contributed by atoms with Crippen molar-refractivity contribution in [3.05, 3.63) is 47.9 Å². The summed E-state index contributed by atoms with van der Waals surface area (Å²) in [6.07, 6.45) is 3.52. The van der Waals surface area contributed by atoms with Crippen LogP contribution < -0.4 is 5.73 Å². The number of hydrogen-bond donors (Lipinski definition) is 1. The highest BCUT2D eigenvalue weighted by Gasteiger charge is 2.05. The lowest BCUT2D eigenvalue weighted by molar-refractivity contribution is 0.411. The fourth-order valence-corrected chi connectivity index (χ4v) is 1.41. The zero-order chi connectivity index (χ0) is 10.7. The number of aromatic nitrogens is 1. The fraction of sp³-hybridized carbons (Fsp3) is 0.0833. The third kappa shape index (κ3) is 2.07. The fourth-order valence-electron chi connectivity index (χ4n) is 1.41. The van der Waals surface area contributed by atoms with Crippen molar-refractivity contribution in [3.8, 4) is 0 Å². The van der Waals surface area contributed by atoms with Gasteiger partial charge < -0.3 is 10.3 Å². The number of nitrogen functional groups attached to an aromatic ring is 1. The third-order valence-electron chi connectivity index (χ3n) is 2.14. The van der Waals surface area contributed by atoms with Crippen molar-refractivity contribution < 1.29 is 4.52 Å². The Morgan fingerprint density at radius 2 is 2.07 bits per heavy atom. The minimum absolute atomic E-state index is 0.569. The first-order valence-corrected chi connectivity index (χ1v) is 4.71. The van der Waals surface area contributed by atoms with Gasteiger partial charge in [0.05, 0.1) is 11.9 Å². The lowest BCUT2D eigenvalue weighted by atomic mass is 10.1. The van der Waals surface area contributed by atoms with Gasteiger partial charge in [0.15, 0.2) is 5.76 Å². The van der Waals surface area contributed by atoms with Crippen LogP contribution in [0.5, 0.6) is 0 Å². The van der Waals surface area contributed by atoms with Crippen LogP contribution in [0.1, 0.15) is 18.2 Å². The van der Waals surface area contributed by atoms with Crippen LogP contribution in [0.4, 0.5) is 5.69 Å². The van der Waals surface area contributed by atoms with Crippen LogP contribution in [0.2, 0.25) is 0 Å². The van der Waals surface area contributed by atoms with E-state index in [0.717, 1.165) is 11.1 Å². The van der Waals surface area contributed by atoms with Gasteiger partial charge in [-0.05, 0) is 24.1 Å². The van der Waals surface area contributed by atoms with Gasteiger partial charge >= 0.3 is 0 Å². The van der Waals surface area contributed by atoms with Gasteiger partial charge in [-0.1, -0.05) is 35.5 Å². The molecule has 3 nitrogen and oxygen atoms in total. The standard InChI is InChI=1S/C12H12N2O/c1-9(12-11(13)8-14-15-12)7-10-5-3-2-4-6-10/h2-8H,13H2,1H3/b9-7+.